The Morgan fingerprint density at radius 2 is 2.39 bits per heavy atom. The fraction of sp³-hybridized carbons (Fsp3) is 0.769. The molecule has 0 aliphatic heterocycles. The van der Waals surface area contributed by atoms with Gasteiger partial charge in [-0.05, 0) is 32.4 Å². The Morgan fingerprint density at radius 1 is 1.56 bits per heavy atom. The first-order chi connectivity index (χ1) is 8.74. The molecular weight excluding hydrogens is 230 g/mol. The lowest BCUT2D eigenvalue weighted by atomic mass is 10.0. The van der Waals surface area contributed by atoms with Gasteiger partial charge in [-0.2, -0.15) is 0 Å². The molecule has 2 unspecified atom stereocenters. The maximum absolute atomic E-state index is 5.82. The molecule has 0 aromatic carbocycles. The summed E-state index contributed by atoms with van der Waals surface area (Å²) in [7, 11) is 3.79. The number of nitrogens with two attached hydrogens (primary N) is 1. The maximum atomic E-state index is 5.82. The molecule has 1 aromatic rings. The number of hydrogen-bond donors (Lipinski definition) is 1. The van der Waals surface area contributed by atoms with Crippen LogP contribution in [0.1, 0.15) is 30.7 Å². The molecule has 18 heavy (non-hydrogen) atoms. The van der Waals surface area contributed by atoms with E-state index in [1.54, 1.807) is 7.11 Å². The van der Waals surface area contributed by atoms with Crippen LogP contribution in [0.3, 0.4) is 0 Å². The first-order valence-electron chi connectivity index (χ1n) is 6.58. The molecule has 1 aromatic heterocycles. The summed E-state index contributed by atoms with van der Waals surface area (Å²) in [5, 5.41) is 4.07. The lowest BCUT2D eigenvalue weighted by Crippen LogP contribution is -2.37. The Labute approximate surface area is 108 Å². The third-order valence-electron chi connectivity index (χ3n) is 3.79. The highest BCUT2D eigenvalue weighted by Crippen LogP contribution is 2.29. The van der Waals surface area contributed by atoms with Crippen LogP contribution < -0.4 is 5.73 Å². The van der Waals surface area contributed by atoms with Crippen LogP contribution in [0, 0.1) is 5.92 Å². The van der Waals surface area contributed by atoms with Gasteiger partial charge in [-0.3, -0.25) is 4.90 Å². The minimum absolute atomic E-state index is 0.478. The number of aromatic nitrogens is 1. The fourth-order valence-corrected chi connectivity index (χ4v) is 2.89. The maximum Gasteiger partial charge on any atom is 0.162 e. The van der Waals surface area contributed by atoms with Gasteiger partial charge < -0.3 is 15.0 Å². The molecule has 1 aliphatic carbocycles. The Balaban J connectivity index is 1.91. The molecule has 1 aliphatic rings. The number of ether oxygens (including phenoxy) is 1. The average molecular weight is 253 g/mol. The van der Waals surface area contributed by atoms with Gasteiger partial charge in [0.05, 0.1) is 5.69 Å². The molecule has 0 spiro atoms. The van der Waals surface area contributed by atoms with Gasteiger partial charge in [0, 0.05) is 25.8 Å². The zero-order valence-electron chi connectivity index (χ0n) is 11.3. The summed E-state index contributed by atoms with van der Waals surface area (Å²) in [6, 6.07) is 2.55. The number of nitrogens with zero attached hydrogens (tertiary/aromatic N) is 2. The van der Waals surface area contributed by atoms with Gasteiger partial charge in [-0.1, -0.05) is 11.6 Å². The highest BCUT2D eigenvalue weighted by Gasteiger charge is 2.29. The van der Waals surface area contributed by atoms with Crippen molar-refractivity contribution in [3.63, 3.8) is 0 Å². The predicted octanol–water partition coefficient (Wildman–Crippen LogP) is 1.38. The molecule has 0 radical (unpaired) electrons. The molecule has 1 fully saturated rings. The van der Waals surface area contributed by atoms with E-state index >= 15 is 0 Å². The van der Waals surface area contributed by atoms with Crippen molar-refractivity contribution < 1.29 is 9.26 Å². The standard InChI is InChI=1S/C13H23N3O2/c1-16(13-5-3-4-10(13)7-14)8-11-6-12(9-17-2)18-15-11/h6,10,13H,3-5,7-9,14H2,1-2H3. The van der Waals surface area contributed by atoms with Crippen LogP contribution in [0.4, 0.5) is 0 Å². The molecule has 2 N–H and O–H groups in total. The van der Waals surface area contributed by atoms with Crippen molar-refractivity contribution in [2.45, 2.75) is 38.5 Å². The van der Waals surface area contributed by atoms with Crippen LogP contribution in [-0.2, 0) is 17.9 Å². The summed E-state index contributed by atoms with van der Waals surface area (Å²) in [5.74, 6) is 1.41. The van der Waals surface area contributed by atoms with Crippen molar-refractivity contribution in [3.8, 4) is 0 Å². The fourth-order valence-electron chi connectivity index (χ4n) is 2.89. The molecule has 1 heterocycles. The lowest BCUT2D eigenvalue weighted by Gasteiger charge is -2.28. The number of hydrogen-bond acceptors (Lipinski definition) is 5. The van der Waals surface area contributed by atoms with Crippen LogP contribution >= 0.6 is 0 Å². The van der Waals surface area contributed by atoms with Crippen LogP contribution in [-0.4, -0.2) is 36.8 Å². The summed E-state index contributed by atoms with van der Waals surface area (Å²) in [5.41, 5.74) is 6.79. The van der Waals surface area contributed by atoms with E-state index in [2.05, 4.69) is 17.1 Å². The molecule has 5 heteroatoms. The van der Waals surface area contributed by atoms with E-state index in [1.165, 1.54) is 19.3 Å². The Kier molecular flexibility index (Phi) is 4.74. The monoisotopic (exact) mass is 253 g/mol. The second-order valence-electron chi connectivity index (χ2n) is 5.13. The van der Waals surface area contributed by atoms with Gasteiger partial charge in [0.15, 0.2) is 5.76 Å². The van der Waals surface area contributed by atoms with Crippen LogP contribution in [0.15, 0.2) is 10.6 Å². The smallest absolute Gasteiger partial charge is 0.162 e. The minimum atomic E-state index is 0.478. The number of rotatable bonds is 6. The van der Waals surface area contributed by atoms with E-state index < -0.39 is 0 Å². The van der Waals surface area contributed by atoms with Gasteiger partial charge in [0.2, 0.25) is 0 Å². The Bertz CT molecular complexity index is 367. The summed E-state index contributed by atoms with van der Waals surface area (Å²) in [6.07, 6.45) is 3.77. The first-order valence-corrected chi connectivity index (χ1v) is 6.58. The van der Waals surface area contributed by atoms with Crippen LogP contribution in [0.5, 0.6) is 0 Å². The molecule has 0 saturated heterocycles. The topological polar surface area (TPSA) is 64.5 Å². The second-order valence-corrected chi connectivity index (χ2v) is 5.13. The predicted molar refractivity (Wildman–Crippen MR) is 68.9 cm³/mol. The van der Waals surface area contributed by atoms with E-state index in [9.17, 15) is 0 Å². The zero-order chi connectivity index (χ0) is 13.0. The van der Waals surface area contributed by atoms with E-state index in [4.69, 9.17) is 15.0 Å². The van der Waals surface area contributed by atoms with Crippen molar-refractivity contribution in [1.29, 1.82) is 0 Å². The minimum Gasteiger partial charge on any atom is -0.377 e. The third-order valence-corrected chi connectivity index (χ3v) is 3.79. The molecule has 0 bridgehead atoms. The van der Waals surface area contributed by atoms with E-state index in [0.29, 0.717) is 18.6 Å². The summed E-state index contributed by atoms with van der Waals surface area (Å²) in [4.78, 5) is 2.35. The SMILES string of the molecule is COCc1cc(CN(C)C2CCCC2CN)no1. The van der Waals surface area contributed by atoms with Crippen molar-refractivity contribution in [1.82, 2.24) is 10.1 Å². The highest BCUT2D eigenvalue weighted by molar-refractivity contribution is 5.05. The van der Waals surface area contributed by atoms with Crippen molar-refractivity contribution >= 4 is 0 Å². The summed E-state index contributed by atoms with van der Waals surface area (Å²) in [6.45, 7) is 2.07. The molecule has 102 valence electrons. The van der Waals surface area contributed by atoms with Crippen LogP contribution in [0.25, 0.3) is 0 Å². The van der Waals surface area contributed by atoms with Gasteiger partial charge in [0.1, 0.15) is 6.61 Å². The average Bonchev–Trinajstić information content (AvgIpc) is 2.98. The summed E-state index contributed by atoms with van der Waals surface area (Å²) < 4.78 is 10.2. The van der Waals surface area contributed by atoms with E-state index in [-0.39, 0.29) is 0 Å². The van der Waals surface area contributed by atoms with Gasteiger partial charge in [-0.15, -0.1) is 0 Å². The van der Waals surface area contributed by atoms with Gasteiger partial charge in [0.25, 0.3) is 0 Å². The molecule has 2 atom stereocenters. The quantitative estimate of drug-likeness (QED) is 0.829. The summed E-state index contributed by atoms with van der Waals surface area (Å²) >= 11 is 0. The van der Waals surface area contributed by atoms with Crippen molar-refractivity contribution in [2.24, 2.45) is 11.7 Å². The largest absolute Gasteiger partial charge is 0.377 e. The molecule has 1 saturated carbocycles. The second kappa shape index (κ2) is 6.31. The number of methoxy groups -OCH3 is 1. The van der Waals surface area contributed by atoms with Gasteiger partial charge >= 0.3 is 0 Å². The molecule has 0 amide bonds. The normalized spacial score (nSPS) is 24.0. The van der Waals surface area contributed by atoms with E-state index in [0.717, 1.165) is 24.5 Å². The third kappa shape index (κ3) is 3.10. The van der Waals surface area contributed by atoms with Crippen molar-refractivity contribution in [2.75, 3.05) is 20.7 Å². The van der Waals surface area contributed by atoms with E-state index in [1.807, 2.05) is 6.07 Å². The van der Waals surface area contributed by atoms with Crippen LogP contribution in [0.2, 0.25) is 0 Å². The Morgan fingerprint density at radius 3 is 3.11 bits per heavy atom. The molecule has 5 nitrogen and oxygen atoms in total. The highest BCUT2D eigenvalue weighted by atomic mass is 16.5. The lowest BCUT2D eigenvalue weighted by molar-refractivity contribution is 0.155. The zero-order valence-corrected chi connectivity index (χ0v) is 11.3. The Hall–Kier alpha value is -0.910. The first kappa shape index (κ1) is 13.5. The molecular formula is C13H23N3O2. The molecule has 2 rings (SSSR count). The van der Waals surface area contributed by atoms with Crippen molar-refractivity contribution in [3.05, 3.63) is 17.5 Å². The van der Waals surface area contributed by atoms with Gasteiger partial charge in [-0.25, -0.2) is 0 Å².